The van der Waals surface area contributed by atoms with Gasteiger partial charge in [0.1, 0.15) is 0 Å². The van der Waals surface area contributed by atoms with Crippen LogP contribution in [-0.2, 0) is 6.54 Å². The molecule has 1 aromatic heterocycles. The van der Waals surface area contributed by atoms with Crippen molar-refractivity contribution in [1.29, 1.82) is 0 Å². The minimum atomic E-state index is -0.473. The van der Waals surface area contributed by atoms with Gasteiger partial charge in [-0.1, -0.05) is 19.1 Å². The summed E-state index contributed by atoms with van der Waals surface area (Å²) in [6.45, 7) is 5.26. The molecule has 0 bridgehead atoms. The fourth-order valence-electron chi connectivity index (χ4n) is 1.99. The molecule has 0 saturated carbocycles. The molecular weight excluding hydrogens is 302 g/mol. The first kappa shape index (κ1) is 16.1. The molecule has 0 aliphatic rings. The summed E-state index contributed by atoms with van der Waals surface area (Å²) in [5.41, 5.74) is 1.72. The van der Waals surface area contributed by atoms with Crippen molar-refractivity contribution in [3.8, 4) is 0 Å². The maximum atomic E-state index is 12.2. The number of rotatable bonds is 6. The molecule has 0 aliphatic carbocycles. The highest BCUT2D eigenvalue weighted by Crippen LogP contribution is 2.28. The van der Waals surface area contributed by atoms with E-state index in [9.17, 15) is 14.9 Å². The van der Waals surface area contributed by atoms with E-state index in [2.05, 4.69) is 10.6 Å². The molecule has 7 heteroatoms. The molecule has 0 fully saturated rings. The number of carbonyl (C=O) groups excluding carboxylic acids is 1. The highest BCUT2D eigenvalue weighted by molar-refractivity contribution is 7.14. The second kappa shape index (κ2) is 7.15. The molecule has 0 unspecified atom stereocenters. The molecule has 1 heterocycles. The Morgan fingerprint density at radius 2 is 2.14 bits per heavy atom. The van der Waals surface area contributed by atoms with Crippen LogP contribution in [0.1, 0.15) is 27.0 Å². The number of hydrogen-bond acceptors (Lipinski definition) is 5. The van der Waals surface area contributed by atoms with Crippen LogP contribution < -0.4 is 10.6 Å². The Kier molecular flexibility index (Phi) is 5.24. The topological polar surface area (TPSA) is 84.3 Å². The largest absolute Gasteiger partial charge is 0.321 e. The van der Waals surface area contributed by atoms with Crippen molar-refractivity contribution in [3.05, 3.63) is 55.8 Å². The van der Waals surface area contributed by atoms with Gasteiger partial charge in [0, 0.05) is 18.3 Å². The standard InChI is InChI=1S/C15H17N3O3S/c1-3-16-9-11-5-4-6-12(7-11)17-15(19)14-8-13(18(20)21)10(2)22-14/h4-8,16H,3,9H2,1-2H3,(H,17,19). The zero-order chi connectivity index (χ0) is 16.1. The van der Waals surface area contributed by atoms with Gasteiger partial charge in [0.25, 0.3) is 11.6 Å². The van der Waals surface area contributed by atoms with Gasteiger partial charge in [-0.2, -0.15) is 0 Å². The molecular formula is C15H17N3O3S. The third-order valence-electron chi connectivity index (χ3n) is 3.08. The lowest BCUT2D eigenvalue weighted by molar-refractivity contribution is -0.385. The Bertz CT molecular complexity index is 697. The second-order valence-corrected chi connectivity index (χ2v) is 6.00. The number of nitrogens with one attached hydrogen (secondary N) is 2. The van der Waals surface area contributed by atoms with Crippen LogP contribution in [0.3, 0.4) is 0 Å². The molecule has 2 aromatic rings. The Hall–Kier alpha value is -2.25. The molecule has 1 amide bonds. The highest BCUT2D eigenvalue weighted by atomic mass is 32.1. The van der Waals surface area contributed by atoms with Crippen LogP contribution in [0.2, 0.25) is 0 Å². The van der Waals surface area contributed by atoms with E-state index in [1.165, 1.54) is 6.07 Å². The molecule has 0 aliphatic heterocycles. The molecule has 1 aromatic carbocycles. The van der Waals surface area contributed by atoms with Crippen LogP contribution in [0.5, 0.6) is 0 Å². The number of anilines is 1. The van der Waals surface area contributed by atoms with Gasteiger partial charge in [-0.05, 0) is 31.2 Å². The molecule has 0 radical (unpaired) electrons. The van der Waals surface area contributed by atoms with E-state index in [0.717, 1.165) is 30.0 Å². The van der Waals surface area contributed by atoms with E-state index in [4.69, 9.17) is 0 Å². The Labute approximate surface area is 132 Å². The molecule has 116 valence electrons. The Morgan fingerprint density at radius 3 is 2.77 bits per heavy atom. The first-order chi connectivity index (χ1) is 10.5. The van der Waals surface area contributed by atoms with Crippen molar-refractivity contribution in [3.63, 3.8) is 0 Å². The number of amides is 1. The number of hydrogen-bond donors (Lipinski definition) is 2. The van der Waals surface area contributed by atoms with E-state index < -0.39 is 4.92 Å². The average molecular weight is 319 g/mol. The number of nitrogens with zero attached hydrogens (tertiary/aromatic N) is 1. The van der Waals surface area contributed by atoms with E-state index in [1.807, 2.05) is 25.1 Å². The van der Waals surface area contributed by atoms with Gasteiger partial charge < -0.3 is 10.6 Å². The second-order valence-electron chi connectivity index (χ2n) is 4.74. The lowest BCUT2D eigenvalue weighted by atomic mass is 10.2. The maximum Gasteiger partial charge on any atom is 0.283 e. The molecule has 22 heavy (non-hydrogen) atoms. The quantitative estimate of drug-likeness (QED) is 0.632. The number of thiophene rings is 1. The zero-order valence-corrected chi connectivity index (χ0v) is 13.2. The number of nitro groups is 1. The van der Waals surface area contributed by atoms with Gasteiger partial charge in [-0.3, -0.25) is 14.9 Å². The summed E-state index contributed by atoms with van der Waals surface area (Å²) in [6, 6.07) is 8.83. The summed E-state index contributed by atoms with van der Waals surface area (Å²) in [4.78, 5) is 23.4. The summed E-state index contributed by atoms with van der Waals surface area (Å²) in [5, 5.41) is 16.8. The summed E-state index contributed by atoms with van der Waals surface area (Å²) in [6.07, 6.45) is 0. The van der Waals surface area contributed by atoms with Gasteiger partial charge >= 0.3 is 0 Å². The van der Waals surface area contributed by atoms with Crippen molar-refractivity contribution >= 4 is 28.6 Å². The number of aryl methyl sites for hydroxylation is 1. The van der Waals surface area contributed by atoms with Gasteiger partial charge in [0.2, 0.25) is 0 Å². The van der Waals surface area contributed by atoms with E-state index >= 15 is 0 Å². The van der Waals surface area contributed by atoms with Gasteiger partial charge in [-0.15, -0.1) is 11.3 Å². The zero-order valence-electron chi connectivity index (χ0n) is 12.4. The van der Waals surface area contributed by atoms with Crippen LogP contribution >= 0.6 is 11.3 Å². The highest BCUT2D eigenvalue weighted by Gasteiger charge is 2.19. The molecule has 0 saturated heterocycles. The summed E-state index contributed by atoms with van der Waals surface area (Å²) in [5.74, 6) is -0.332. The van der Waals surface area contributed by atoms with Crippen molar-refractivity contribution in [2.75, 3.05) is 11.9 Å². The van der Waals surface area contributed by atoms with Gasteiger partial charge in [-0.25, -0.2) is 0 Å². The SMILES string of the molecule is CCNCc1cccc(NC(=O)c2cc([N+](=O)[O-])c(C)s2)c1. The summed E-state index contributed by atoms with van der Waals surface area (Å²) >= 11 is 1.12. The van der Waals surface area contributed by atoms with Gasteiger partial charge in [0.05, 0.1) is 14.7 Å². The van der Waals surface area contributed by atoms with Gasteiger partial charge in [0.15, 0.2) is 0 Å². The third kappa shape index (κ3) is 3.90. The maximum absolute atomic E-state index is 12.2. The Morgan fingerprint density at radius 1 is 1.36 bits per heavy atom. The summed E-state index contributed by atoms with van der Waals surface area (Å²) < 4.78 is 0. The fraction of sp³-hybridized carbons (Fsp3) is 0.267. The average Bonchev–Trinajstić information content (AvgIpc) is 2.88. The first-order valence-electron chi connectivity index (χ1n) is 6.87. The van der Waals surface area contributed by atoms with Crippen molar-refractivity contribution in [1.82, 2.24) is 5.32 Å². The minimum Gasteiger partial charge on any atom is -0.321 e. The van der Waals surface area contributed by atoms with E-state index in [0.29, 0.717) is 15.4 Å². The lowest BCUT2D eigenvalue weighted by Gasteiger charge is -2.07. The lowest BCUT2D eigenvalue weighted by Crippen LogP contribution is -2.13. The van der Waals surface area contributed by atoms with Crippen molar-refractivity contribution < 1.29 is 9.72 Å². The third-order valence-corrected chi connectivity index (χ3v) is 4.11. The van der Waals surface area contributed by atoms with Crippen LogP contribution in [-0.4, -0.2) is 17.4 Å². The van der Waals surface area contributed by atoms with E-state index in [-0.39, 0.29) is 11.6 Å². The van der Waals surface area contributed by atoms with Crippen LogP contribution in [0.15, 0.2) is 30.3 Å². The molecule has 0 atom stereocenters. The minimum absolute atomic E-state index is 0.0175. The molecule has 2 rings (SSSR count). The smallest absolute Gasteiger partial charge is 0.283 e. The Balaban J connectivity index is 2.11. The normalized spacial score (nSPS) is 10.5. The number of carbonyl (C=O) groups is 1. The molecule has 0 spiro atoms. The monoisotopic (exact) mass is 319 g/mol. The van der Waals surface area contributed by atoms with Crippen molar-refractivity contribution in [2.45, 2.75) is 20.4 Å². The number of benzene rings is 1. The summed E-state index contributed by atoms with van der Waals surface area (Å²) in [7, 11) is 0. The van der Waals surface area contributed by atoms with Crippen LogP contribution in [0, 0.1) is 17.0 Å². The predicted molar refractivity (Wildman–Crippen MR) is 87.5 cm³/mol. The fourth-order valence-corrected chi connectivity index (χ4v) is 2.87. The van der Waals surface area contributed by atoms with Crippen LogP contribution in [0.25, 0.3) is 0 Å². The first-order valence-corrected chi connectivity index (χ1v) is 7.68. The molecule has 2 N–H and O–H groups in total. The molecule has 6 nitrogen and oxygen atoms in total. The van der Waals surface area contributed by atoms with Crippen LogP contribution in [0.4, 0.5) is 11.4 Å². The van der Waals surface area contributed by atoms with E-state index in [1.54, 1.807) is 13.0 Å². The predicted octanol–water partition coefficient (Wildman–Crippen LogP) is 3.33. The van der Waals surface area contributed by atoms with Crippen molar-refractivity contribution in [2.24, 2.45) is 0 Å².